The third-order valence-electron chi connectivity index (χ3n) is 2.70. The number of rotatable bonds is 4. The molecule has 106 valence electrons. The number of benzene rings is 1. The lowest BCUT2D eigenvalue weighted by atomic mass is 10.2. The molecule has 6 nitrogen and oxygen atoms in total. The Bertz CT molecular complexity index is 583. The first-order valence-electron chi connectivity index (χ1n) is 6.05. The molecule has 20 heavy (non-hydrogen) atoms. The van der Waals surface area contributed by atoms with E-state index in [0.717, 1.165) is 23.1 Å². The number of carbonyl (C=O) groups is 1. The summed E-state index contributed by atoms with van der Waals surface area (Å²) in [6.45, 7) is 2.53. The molecule has 0 aliphatic heterocycles. The fourth-order valence-corrected chi connectivity index (χ4v) is 2.02. The lowest BCUT2D eigenvalue weighted by Gasteiger charge is -2.11. The summed E-state index contributed by atoms with van der Waals surface area (Å²) in [5.74, 6) is 1.13. The van der Waals surface area contributed by atoms with Gasteiger partial charge in [0.1, 0.15) is 5.75 Å². The molecular weight excluding hydrogens is 278 g/mol. The second-order valence-electron chi connectivity index (χ2n) is 3.98. The van der Waals surface area contributed by atoms with Gasteiger partial charge in [-0.1, -0.05) is 0 Å². The van der Waals surface area contributed by atoms with Crippen molar-refractivity contribution in [3.63, 3.8) is 0 Å². The highest BCUT2D eigenvalue weighted by Gasteiger charge is 2.15. The van der Waals surface area contributed by atoms with Gasteiger partial charge in [0.15, 0.2) is 0 Å². The maximum atomic E-state index is 11.7. The summed E-state index contributed by atoms with van der Waals surface area (Å²) in [7, 11) is 3.32. The van der Waals surface area contributed by atoms with Crippen molar-refractivity contribution in [1.82, 2.24) is 15.1 Å². The first-order chi connectivity index (χ1) is 9.63. The normalized spacial score (nSPS) is 10.3. The van der Waals surface area contributed by atoms with Gasteiger partial charge in [-0.25, -0.2) is 0 Å². The Morgan fingerprint density at radius 1 is 1.35 bits per heavy atom. The van der Waals surface area contributed by atoms with Crippen LogP contribution in [0.15, 0.2) is 33.9 Å². The summed E-state index contributed by atoms with van der Waals surface area (Å²) in [4.78, 5) is 13.3. The van der Waals surface area contributed by atoms with Crippen molar-refractivity contribution in [3.8, 4) is 17.2 Å². The molecule has 0 spiro atoms. The predicted octanol–water partition coefficient (Wildman–Crippen LogP) is 2.91. The maximum Gasteiger partial charge on any atom is 0.290 e. The van der Waals surface area contributed by atoms with Crippen molar-refractivity contribution in [2.24, 2.45) is 0 Å². The van der Waals surface area contributed by atoms with Crippen LogP contribution in [0.4, 0.5) is 4.79 Å². The average Bonchev–Trinajstić information content (AvgIpc) is 2.94. The predicted molar refractivity (Wildman–Crippen MR) is 75.8 cm³/mol. The molecule has 1 aromatic carbocycles. The van der Waals surface area contributed by atoms with E-state index in [0.29, 0.717) is 12.4 Å². The monoisotopic (exact) mass is 293 g/mol. The second kappa shape index (κ2) is 6.42. The molecule has 0 fully saturated rings. The zero-order chi connectivity index (χ0) is 14.5. The number of methoxy groups -OCH3 is 1. The molecule has 0 bridgehead atoms. The van der Waals surface area contributed by atoms with E-state index in [2.05, 4.69) is 10.2 Å². The number of amides is 1. The molecular formula is C13H15N3O3S. The zero-order valence-electron chi connectivity index (χ0n) is 11.5. The van der Waals surface area contributed by atoms with Gasteiger partial charge in [0.25, 0.3) is 10.5 Å². The van der Waals surface area contributed by atoms with Crippen LogP contribution in [0, 0.1) is 0 Å². The number of ether oxygens (including phenoxy) is 1. The minimum absolute atomic E-state index is 0.127. The highest BCUT2D eigenvalue weighted by atomic mass is 32.2. The average molecular weight is 293 g/mol. The Hall–Kier alpha value is -2.02. The van der Waals surface area contributed by atoms with Crippen molar-refractivity contribution in [2.45, 2.75) is 12.1 Å². The van der Waals surface area contributed by atoms with Gasteiger partial charge in [-0.2, -0.15) is 0 Å². The summed E-state index contributed by atoms with van der Waals surface area (Å²) in [6.07, 6.45) is 0. The Balaban J connectivity index is 2.10. The lowest BCUT2D eigenvalue weighted by molar-refractivity contribution is 0.235. The molecule has 1 heterocycles. The van der Waals surface area contributed by atoms with E-state index >= 15 is 0 Å². The highest BCUT2D eigenvalue weighted by Crippen LogP contribution is 2.25. The Kier molecular flexibility index (Phi) is 4.62. The van der Waals surface area contributed by atoms with Crippen LogP contribution in [-0.4, -0.2) is 41.0 Å². The Labute approximate surface area is 121 Å². The van der Waals surface area contributed by atoms with Crippen LogP contribution in [0.25, 0.3) is 11.5 Å². The molecule has 1 amide bonds. The van der Waals surface area contributed by atoms with E-state index in [1.54, 1.807) is 19.1 Å². The van der Waals surface area contributed by atoms with Crippen LogP contribution in [0.3, 0.4) is 0 Å². The standard InChI is InChI=1S/C13H15N3O3S/c1-4-16(2)13(17)20-12-15-14-11(19-12)9-5-7-10(18-3)8-6-9/h5-8H,4H2,1-3H3. The quantitative estimate of drug-likeness (QED) is 0.807. The zero-order valence-corrected chi connectivity index (χ0v) is 12.3. The summed E-state index contributed by atoms with van der Waals surface area (Å²) in [6, 6.07) is 7.26. The van der Waals surface area contributed by atoms with Crippen molar-refractivity contribution < 1.29 is 13.9 Å². The van der Waals surface area contributed by atoms with Gasteiger partial charge in [0.05, 0.1) is 7.11 Å². The molecule has 0 saturated carbocycles. The number of carbonyl (C=O) groups excluding carboxylic acids is 1. The van der Waals surface area contributed by atoms with E-state index in [1.165, 1.54) is 0 Å². The molecule has 0 aliphatic rings. The molecule has 1 aromatic heterocycles. The Morgan fingerprint density at radius 2 is 2.05 bits per heavy atom. The molecule has 2 rings (SSSR count). The largest absolute Gasteiger partial charge is 0.497 e. The first-order valence-corrected chi connectivity index (χ1v) is 6.86. The summed E-state index contributed by atoms with van der Waals surface area (Å²) in [5.41, 5.74) is 0.779. The van der Waals surface area contributed by atoms with Gasteiger partial charge in [0.2, 0.25) is 5.89 Å². The highest BCUT2D eigenvalue weighted by molar-refractivity contribution is 8.13. The molecule has 0 unspecified atom stereocenters. The third kappa shape index (κ3) is 3.30. The maximum absolute atomic E-state index is 11.7. The molecule has 0 aliphatic carbocycles. The summed E-state index contributed by atoms with van der Waals surface area (Å²) in [5, 5.41) is 7.90. The van der Waals surface area contributed by atoms with E-state index < -0.39 is 0 Å². The minimum atomic E-state index is -0.127. The van der Waals surface area contributed by atoms with Gasteiger partial charge >= 0.3 is 0 Å². The lowest BCUT2D eigenvalue weighted by Crippen LogP contribution is -2.21. The van der Waals surface area contributed by atoms with Gasteiger partial charge in [-0.05, 0) is 31.2 Å². The van der Waals surface area contributed by atoms with E-state index in [1.807, 2.05) is 31.2 Å². The molecule has 0 atom stereocenters. The molecule has 7 heteroatoms. The first kappa shape index (κ1) is 14.4. The number of nitrogens with zero attached hydrogens (tertiary/aromatic N) is 3. The van der Waals surface area contributed by atoms with Gasteiger partial charge < -0.3 is 14.1 Å². The van der Waals surface area contributed by atoms with Crippen LogP contribution in [-0.2, 0) is 0 Å². The SMILES string of the molecule is CCN(C)C(=O)Sc1nnc(-c2ccc(OC)cc2)o1. The van der Waals surface area contributed by atoms with Crippen LogP contribution in [0.5, 0.6) is 5.75 Å². The number of thioether (sulfide) groups is 1. The molecule has 0 N–H and O–H groups in total. The number of aromatic nitrogens is 2. The minimum Gasteiger partial charge on any atom is -0.497 e. The third-order valence-corrected chi connectivity index (χ3v) is 3.53. The van der Waals surface area contributed by atoms with E-state index in [-0.39, 0.29) is 10.5 Å². The molecule has 0 saturated heterocycles. The number of hydrogen-bond acceptors (Lipinski definition) is 6. The Morgan fingerprint density at radius 3 is 2.65 bits per heavy atom. The smallest absolute Gasteiger partial charge is 0.290 e. The molecule has 0 radical (unpaired) electrons. The van der Waals surface area contributed by atoms with Gasteiger partial charge in [0, 0.05) is 30.9 Å². The van der Waals surface area contributed by atoms with Crippen LogP contribution >= 0.6 is 11.8 Å². The van der Waals surface area contributed by atoms with Crippen molar-refractivity contribution in [2.75, 3.05) is 20.7 Å². The van der Waals surface area contributed by atoms with Crippen molar-refractivity contribution in [3.05, 3.63) is 24.3 Å². The summed E-state index contributed by atoms with van der Waals surface area (Å²) < 4.78 is 10.5. The van der Waals surface area contributed by atoms with Crippen molar-refractivity contribution in [1.29, 1.82) is 0 Å². The van der Waals surface area contributed by atoms with Crippen LogP contribution in [0.1, 0.15) is 6.92 Å². The van der Waals surface area contributed by atoms with Gasteiger partial charge in [-0.3, -0.25) is 4.79 Å². The van der Waals surface area contributed by atoms with Crippen LogP contribution in [0.2, 0.25) is 0 Å². The summed E-state index contributed by atoms with van der Waals surface area (Å²) >= 11 is 0.921. The van der Waals surface area contributed by atoms with Crippen LogP contribution < -0.4 is 4.74 Å². The number of hydrogen-bond donors (Lipinski definition) is 0. The second-order valence-corrected chi connectivity index (χ2v) is 4.89. The van der Waals surface area contributed by atoms with Crippen molar-refractivity contribution >= 4 is 17.0 Å². The van der Waals surface area contributed by atoms with Gasteiger partial charge in [-0.15, -0.1) is 10.2 Å². The molecule has 2 aromatic rings. The fourth-order valence-electron chi connectivity index (χ4n) is 1.38. The fraction of sp³-hybridized carbons (Fsp3) is 0.308. The van der Waals surface area contributed by atoms with E-state index in [9.17, 15) is 4.79 Å². The van der Waals surface area contributed by atoms with E-state index in [4.69, 9.17) is 9.15 Å². The topological polar surface area (TPSA) is 68.5 Å².